The maximum atomic E-state index is 10.9. The number of benzene rings is 1. The van der Waals surface area contributed by atoms with Gasteiger partial charge < -0.3 is 4.90 Å². The van der Waals surface area contributed by atoms with Crippen molar-refractivity contribution in [1.29, 1.82) is 0 Å². The number of carbonyl (C=O) groups is 1. The smallest absolute Gasteiger partial charge is 0.149 e. The Bertz CT molecular complexity index is 312. The minimum absolute atomic E-state index is 0.165. The first kappa shape index (κ1) is 10.3. The minimum atomic E-state index is 0.165. The first-order valence-corrected chi connectivity index (χ1v) is 4.85. The van der Waals surface area contributed by atoms with Crippen LogP contribution in [0, 0.1) is 0 Å². The Hall–Kier alpha value is -0.830. The third kappa shape index (κ3) is 2.84. The highest BCUT2D eigenvalue weighted by Gasteiger charge is 2.05. The summed E-state index contributed by atoms with van der Waals surface area (Å²) in [5, 5.41) is 0. The molecule has 0 atom stereocenters. The first-order chi connectivity index (χ1) is 6.11. The Morgan fingerprint density at radius 1 is 1.46 bits per heavy atom. The summed E-state index contributed by atoms with van der Waals surface area (Å²) in [5.41, 5.74) is 1.04. The number of anilines is 1. The molecule has 0 unspecified atom stereocenters. The molecular formula is C10H12BrNO. The van der Waals surface area contributed by atoms with Crippen molar-refractivity contribution in [1.82, 2.24) is 0 Å². The van der Waals surface area contributed by atoms with E-state index in [1.807, 2.05) is 36.2 Å². The molecule has 13 heavy (non-hydrogen) atoms. The van der Waals surface area contributed by atoms with Crippen LogP contribution in [0.1, 0.15) is 6.92 Å². The monoisotopic (exact) mass is 241 g/mol. The Morgan fingerprint density at radius 2 is 2.08 bits per heavy atom. The van der Waals surface area contributed by atoms with Crippen molar-refractivity contribution in [3.05, 3.63) is 28.7 Å². The van der Waals surface area contributed by atoms with Crippen molar-refractivity contribution < 1.29 is 4.79 Å². The molecule has 70 valence electrons. The molecule has 0 saturated carbocycles. The lowest BCUT2D eigenvalue weighted by atomic mass is 10.3. The summed E-state index contributed by atoms with van der Waals surface area (Å²) in [7, 11) is 1.90. The van der Waals surface area contributed by atoms with E-state index < -0.39 is 0 Å². The molecule has 0 N–H and O–H groups in total. The number of hydrogen-bond acceptors (Lipinski definition) is 2. The van der Waals surface area contributed by atoms with Crippen LogP contribution in [0.4, 0.5) is 5.69 Å². The van der Waals surface area contributed by atoms with Crippen LogP contribution < -0.4 is 4.90 Å². The fourth-order valence-electron chi connectivity index (χ4n) is 1.18. The summed E-state index contributed by atoms with van der Waals surface area (Å²) in [5.74, 6) is 0.165. The van der Waals surface area contributed by atoms with Crippen LogP contribution in [0.2, 0.25) is 0 Å². The van der Waals surface area contributed by atoms with Gasteiger partial charge in [-0.1, -0.05) is 12.1 Å². The fraction of sp³-hybridized carbons (Fsp3) is 0.300. The standard InChI is InChI=1S/C10H12BrNO/c1-8(13)7-12(2)10-6-4-3-5-9(10)11/h3-6H,7H2,1-2H3. The highest BCUT2D eigenvalue weighted by atomic mass is 79.9. The minimum Gasteiger partial charge on any atom is -0.366 e. The van der Waals surface area contributed by atoms with Gasteiger partial charge in [-0.05, 0) is 35.0 Å². The van der Waals surface area contributed by atoms with Gasteiger partial charge in [0.25, 0.3) is 0 Å². The van der Waals surface area contributed by atoms with E-state index in [2.05, 4.69) is 15.9 Å². The van der Waals surface area contributed by atoms with E-state index in [4.69, 9.17) is 0 Å². The Morgan fingerprint density at radius 3 is 2.62 bits per heavy atom. The molecule has 0 radical (unpaired) electrons. The molecule has 0 aliphatic heterocycles. The van der Waals surface area contributed by atoms with Gasteiger partial charge in [-0.15, -0.1) is 0 Å². The highest BCUT2D eigenvalue weighted by Crippen LogP contribution is 2.24. The predicted molar refractivity (Wildman–Crippen MR) is 58.1 cm³/mol. The second-order valence-electron chi connectivity index (χ2n) is 3.01. The number of hydrogen-bond donors (Lipinski definition) is 0. The number of nitrogens with zero attached hydrogens (tertiary/aromatic N) is 1. The topological polar surface area (TPSA) is 20.3 Å². The highest BCUT2D eigenvalue weighted by molar-refractivity contribution is 9.10. The van der Waals surface area contributed by atoms with E-state index in [9.17, 15) is 4.79 Å². The van der Waals surface area contributed by atoms with Gasteiger partial charge in [0.2, 0.25) is 0 Å². The second-order valence-corrected chi connectivity index (χ2v) is 3.86. The zero-order valence-corrected chi connectivity index (χ0v) is 9.34. The number of halogens is 1. The molecule has 3 heteroatoms. The van der Waals surface area contributed by atoms with Gasteiger partial charge >= 0.3 is 0 Å². The van der Waals surface area contributed by atoms with E-state index in [-0.39, 0.29) is 5.78 Å². The Kier molecular flexibility index (Phi) is 3.48. The molecule has 2 nitrogen and oxygen atoms in total. The molecular weight excluding hydrogens is 230 g/mol. The second kappa shape index (κ2) is 4.42. The largest absolute Gasteiger partial charge is 0.366 e. The van der Waals surface area contributed by atoms with Gasteiger partial charge in [0, 0.05) is 11.5 Å². The van der Waals surface area contributed by atoms with Crippen LogP contribution >= 0.6 is 15.9 Å². The Labute approximate surface area is 86.7 Å². The molecule has 0 aliphatic carbocycles. The van der Waals surface area contributed by atoms with E-state index in [1.165, 1.54) is 0 Å². The first-order valence-electron chi connectivity index (χ1n) is 4.06. The van der Waals surface area contributed by atoms with Crippen LogP contribution in [0.15, 0.2) is 28.7 Å². The van der Waals surface area contributed by atoms with E-state index in [0.29, 0.717) is 6.54 Å². The van der Waals surface area contributed by atoms with Crippen molar-refractivity contribution in [2.24, 2.45) is 0 Å². The van der Waals surface area contributed by atoms with Gasteiger partial charge in [-0.25, -0.2) is 0 Å². The molecule has 0 amide bonds. The quantitative estimate of drug-likeness (QED) is 0.811. The summed E-state index contributed by atoms with van der Waals surface area (Å²) >= 11 is 3.43. The zero-order chi connectivity index (χ0) is 9.84. The van der Waals surface area contributed by atoms with Gasteiger partial charge in [-0.2, -0.15) is 0 Å². The zero-order valence-electron chi connectivity index (χ0n) is 7.75. The number of ketones is 1. The number of para-hydroxylation sites is 1. The average molecular weight is 242 g/mol. The third-order valence-corrected chi connectivity index (χ3v) is 2.39. The molecule has 0 aliphatic rings. The van der Waals surface area contributed by atoms with Gasteiger partial charge in [-0.3, -0.25) is 4.79 Å². The van der Waals surface area contributed by atoms with E-state index in [0.717, 1.165) is 10.2 Å². The van der Waals surface area contributed by atoms with E-state index >= 15 is 0 Å². The third-order valence-electron chi connectivity index (χ3n) is 1.72. The number of carbonyl (C=O) groups excluding carboxylic acids is 1. The lowest BCUT2D eigenvalue weighted by molar-refractivity contribution is -0.115. The maximum absolute atomic E-state index is 10.9. The molecule has 1 rings (SSSR count). The number of rotatable bonds is 3. The lowest BCUT2D eigenvalue weighted by Gasteiger charge is -2.18. The summed E-state index contributed by atoms with van der Waals surface area (Å²) in [6.07, 6.45) is 0. The molecule has 0 bridgehead atoms. The molecule has 0 heterocycles. The fourth-order valence-corrected chi connectivity index (χ4v) is 1.77. The SMILES string of the molecule is CC(=O)CN(C)c1ccccc1Br. The van der Waals surface area contributed by atoms with Crippen molar-refractivity contribution in [3.63, 3.8) is 0 Å². The van der Waals surface area contributed by atoms with Crippen LogP contribution in [0.3, 0.4) is 0 Å². The predicted octanol–water partition coefficient (Wildman–Crippen LogP) is 2.47. The van der Waals surface area contributed by atoms with Crippen molar-refractivity contribution >= 4 is 27.4 Å². The van der Waals surface area contributed by atoms with Crippen LogP contribution in [-0.4, -0.2) is 19.4 Å². The van der Waals surface area contributed by atoms with Crippen molar-refractivity contribution in [2.45, 2.75) is 6.92 Å². The van der Waals surface area contributed by atoms with Crippen LogP contribution in [-0.2, 0) is 4.79 Å². The molecule has 0 spiro atoms. The van der Waals surface area contributed by atoms with Crippen molar-refractivity contribution in [2.75, 3.05) is 18.5 Å². The molecule has 0 fully saturated rings. The molecule has 0 saturated heterocycles. The summed E-state index contributed by atoms with van der Waals surface area (Å²) < 4.78 is 1.01. The van der Waals surface area contributed by atoms with Crippen LogP contribution in [0.5, 0.6) is 0 Å². The summed E-state index contributed by atoms with van der Waals surface area (Å²) in [6, 6.07) is 7.85. The lowest BCUT2D eigenvalue weighted by Crippen LogP contribution is -2.23. The number of likely N-dealkylation sites (N-methyl/N-ethyl adjacent to an activating group) is 1. The molecule has 0 aromatic heterocycles. The van der Waals surface area contributed by atoms with Crippen molar-refractivity contribution in [3.8, 4) is 0 Å². The normalized spacial score (nSPS) is 9.77. The maximum Gasteiger partial charge on any atom is 0.149 e. The average Bonchev–Trinajstić information content (AvgIpc) is 2.03. The summed E-state index contributed by atoms with van der Waals surface area (Å²) in [4.78, 5) is 12.8. The Balaban J connectivity index is 2.82. The van der Waals surface area contributed by atoms with Crippen LogP contribution in [0.25, 0.3) is 0 Å². The van der Waals surface area contributed by atoms with Gasteiger partial charge in [0.05, 0.1) is 12.2 Å². The van der Waals surface area contributed by atoms with Gasteiger partial charge in [0.1, 0.15) is 5.78 Å². The number of Topliss-reactive ketones (excluding diaryl/α,β-unsaturated/α-hetero) is 1. The molecule has 1 aromatic carbocycles. The summed E-state index contributed by atoms with van der Waals surface area (Å²) in [6.45, 7) is 2.04. The molecule has 1 aromatic rings. The van der Waals surface area contributed by atoms with Gasteiger partial charge in [0.15, 0.2) is 0 Å². The van der Waals surface area contributed by atoms with E-state index in [1.54, 1.807) is 6.92 Å².